The zero-order chi connectivity index (χ0) is 73.5. The van der Waals surface area contributed by atoms with E-state index in [4.69, 9.17) is 19.9 Å². The quantitative estimate of drug-likeness (QED) is 0.0200. The van der Waals surface area contributed by atoms with Crippen molar-refractivity contribution in [2.75, 3.05) is 53.3 Å². The summed E-state index contributed by atoms with van der Waals surface area (Å²) >= 11 is 0. The van der Waals surface area contributed by atoms with Crippen LogP contribution >= 0.6 is 0 Å². The fourth-order valence-electron chi connectivity index (χ4n) is 12.4. The fraction of sp³-hybridized carbons (Fsp3) is 0.632. The van der Waals surface area contributed by atoms with Crippen LogP contribution in [0.2, 0.25) is 0 Å². The molecule has 546 valence electrons. The number of aliphatic hydroxyl groups is 1. The Hall–Kier alpha value is -7.06. The fourth-order valence-corrected chi connectivity index (χ4v) is 13.1. The number of unbranched alkanes of at least 4 members (excludes halogenated alkanes) is 2. The molecule has 12 amide bonds. The Labute approximate surface area is 604 Å². The molecule has 0 aromatic heterocycles. The van der Waals surface area contributed by atoms with Gasteiger partial charge in [0, 0.05) is 77.8 Å². The van der Waals surface area contributed by atoms with Crippen molar-refractivity contribution < 1.29 is 115 Å². The zero-order valence-corrected chi connectivity index (χ0v) is 62.8. The van der Waals surface area contributed by atoms with Gasteiger partial charge in [-0.05, 0) is 86.8 Å². The molecule has 29 nitrogen and oxygen atoms in total. The first-order valence-corrected chi connectivity index (χ1v) is 34.9. The third-order valence-electron chi connectivity index (χ3n) is 18.1. The Morgan fingerprint density at radius 1 is 0.758 bits per heavy atom. The van der Waals surface area contributed by atoms with Crippen LogP contribution in [0, 0.1) is 29.6 Å². The molecule has 0 unspecified atom stereocenters. The summed E-state index contributed by atoms with van der Waals surface area (Å²) < 4.78 is 56.0. The maximum Gasteiger partial charge on any atom is 1.00 e. The minimum atomic E-state index is -5.36. The Balaban J connectivity index is 0.0000255. The molecule has 4 rings (SSSR count). The number of nitrogens with zero attached hydrogens (tertiary/aromatic N) is 4. The molecular formula is C68H104N11NaO18S. The van der Waals surface area contributed by atoms with E-state index in [0.717, 1.165) is 21.9 Å². The largest absolute Gasteiger partial charge is 1.00 e. The molecule has 0 saturated carbocycles. The number of likely N-dealkylation sites (N-methyl/N-ethyl adjacent to an activating group) is 2. The number of hydrogen-bond acceptors (Lipinski definition) is 18. The first-order valence-electron chi connectivity index (χ1n) is 33.5. The third kappa shape index (κ3) is 25.2. The topological polar surface area (TPSA) is 404 Å². The van der Waals surface area contributed by atoms with E-state index in [2.05, 4.69) is 31.9 Å². The number of amides is 12. The number of urea groups is 1. The molecule has 2 aromatic carbocycles. The average molecular weight is 1420 g/mol. The Morgan fingerprint density at radius 2 is 1.39 bits per heavy atom. The van der Waals surface area contributed by atoms with Crippen molar-refractivity contribution in [3.8, 4) is 0 Å². The van der Waals surface area contributed by atoms with Crippen LogP contribution in [0.5, 0.6) is 0 Å². The monoisotopic (exact) mass is 1420 g/mol. The molecule has 2 heterocycles. The number of primary amides is 1. The summed E-state index contributed by atoms with van der Waals surface area (Å²) in [4.78, 5) is 152. The molecule has 12 atom stereocenters. The van der Waals surface area contributed by atoms with Crippen molar-refractivity contribution in [1.82, 2.24) is 46.2 Å². The molecule has 0 radical (unpaired) electrons. The van der Waals surface area contributed by atoms with E-state index in [1.54, 1.807) is 91.6 Å². The molecule has 0 spiro atoms. The maximum atomic E-state index is 14.8. The summed E-state index contributed by atoms with van der Waals surface area (Å²) in [5.41, 5.74) is 5.34. The maximum absolute atomic E-state index is 14.8. The molecule has 31 heteroatoms. The van der Waals surface area contributed by atoms with Crippen LogP contribution in [0.25, 0.3) is 0 Å². The van der Waals surface area contributed by atoms with Crippen molar-refractivity contribution in [2.24, 2.45) is 35.3 Å². The number of hydrogen-bond donors (Lipinski definition) is 8. The second kappa shape index (κ2) is 41.0. The van der Waals surface area contributed by atoms with Gasteiger partial charge in [-0.1, -0.05) is 112 Å². The summed E-state index contributed by atoms with van der Waals surface area (Å²) in [6, 6.07) is 4.55. The number of likely N-dealkylation sites (tertiary alicyclic amines) is 1. The number of imide groups is 1. The van der Waals surface area contributed by atoms with Gasteiger partial charge in [-0.3, -0.25) is 53.0 Å². The first kappa shape index (κ1) is 86.2. The van der Waals surface area contributed by atoms with Gasteiger partial charge in [0.15, 0.2) is 0 Å². The number of nitrogens with one attached hydrogen (secondary N) is 6. The van der Waals surface area contributed by atoms with Crippen LogP contribution in [0.3, 0.4) is 0 Å². The Morgan fingerprint density at radius 3 is 1.96 bits per heavy atom. The number of methoxy groups -OCH3 is 2. The normalized spacial score (nSPS) is 17.2. The van der Waals surface area contributed by atoms with Crippen molar-refractivity contribution in [3.05, 3.63) is 71.8 Å². The van der Waals surface area contributed by atoms with Gasteiger partial charge in [-0.2, -0.15) is 0 Å². The van der Waals surface area contributed by atoms with Gasteiger partial charge in [0.2, 0.25) is 41.4 Å². The zero-order valence-electron chi connectivity index (χ0n) is 60.0. The van der Waals surface area contributed by atoms with E-state index in [1.165, 1.54) is 44.4 Å². The molecule has 0 aliphatic carbocycles. The molecule has 0 bridgehead atoms. The number of anilines is 1. The minimum Gasteiger partial charge on any atom is -0.744 e. The van der Waals surface area contributed by atoms with Crippen molar-refractivity contribution in [3.63, 3.8) is 0 Å². The number of benzene rings is 2. The second-order valence-electron chi connectivity index (χ2n) is 26.3. The average Bonchev–Trinajstić information content (AvgIpc) is 1.72. The second-order valence-corrected chi connectivity index (χ2v) is 27.7. The Kier molecular flexibility index (Phi) is 35.7. The number of carbonyl (C=O) groups excluding carboxylic acids is 11. The smallest absolute Gasteiger partial charge is 0.744 e. The van der Waals surface area contributed by atoms with Crippen molar-refractivity contribution >= 4 is 81.1 Å². The standard InChI is InChI=1S/C68H105N11O18S.Na/c1-15-42(8)59(50(95-13)37-55(83)78-35-23-27-49(78)61(96-14)43(9)62(85)71-44(10)60(84)45-24-18-16-19-25-45)76(11)66(89)57(40(4)5)75-65(88)58(41(6)7)77(12)68(91)97-38-46-29-30-47(36-51(46)98(92,93)94)72-63(86)48(26-22-33-70-67(69)90)73-64(87)56(39(2)3)74-52(80)28-20-17-21-34-79-53(81)31-32-54(79)82;/h16,18-19,24-25,29-32,36,39-44,48-50,56-61,84H,15,17,20-23,26-28,33-35,37-38H2,1-14H3,(H,71,85)(H,72,86)(H,73,87)(H,74,80)(H,75,88)(H3,69,70,90)(H,92,93,94);/q;+1/p-1/t42-,43+,44+,48-,49-,50+,56-,57-,58-,59-,60+,61+;/m0./s1. The molecule has 2 aromatic rings. The van der Waals surface area contributed by atoms with Crippen molar-refractivity contribution in [1.29, 1.82) is 0 Å². The van der Waals surface area contributed by atoms with Gasteiger partial charge in [0.25, 0.3) is 11.8 Å². The van der Waals surface area contributed by atoms with E-state index < -0.39 is 159 Å². The number of carbonyl (C=O) groups is 11. The van der Waals surface area contributed by atoms with Crippen molar-refractivity contribution in [2.45, 2.75) is 206 Å². The number of rotatable bonds is 39. The van der Waals surface area contributed by atoms with E-state index in [1.807, 2.05) is 19.9 Å². The van der Waals surface area contributed by atoms with Gasteiger partial charge in [0.05, 0.1) is 53.7 Å². The summed E-state index contributed by atoms with van der Waals surface area (Å²) in [6.07, 6.45) is 1.69. The molecular weight excluding hydrogens is 1310 g/mol. The summed E-state index contributed by atoms with van der Waals surface area (Å²) in [5, 5.41) is 26.9. The number of aliphatic hydroxyl groups excluding tert-OH is 1. The van der Waals surface area contributed by atoms with Gasteiger partial charge in [0.1, 0.15) is 40.9 Å². The summed E-state index contributed by atoms with van der Waals surface area (Å²) in [6.45, 7) is 17.1. The summed E-state index contributed by atoms with van der Waals surface area (Å²) in [7, 11) is 0.431. The molecule has 1 saturated heterocycles. The first-order chi connectivity index (χ1) is 46.1. The number of ether oxygens (including phenoxy) is 3. The SMILES string of the molecule is CC[C@H](C)[C@@H]([C@@H](CC(=O)N1CCC[C@H]1[C@H](OC)[C@@H](C)C(=O)N[C@H](C)[C@@H](O)c1ccccc1)OC)N(C)C(=O)[C@@H](NC(=O)[C@H](C(C)C)N(C)C(=O)OCc1ccc(NC(=O)[C@H](CCCNC(N)=O)NC(=O)[C@@H](NC(=O)CCCCCN2C(=O)C=CC2=O)C(C)C)cc1S(=O)(=O)[O-])C(C)C.[Na+]. The van der Waals surface area contributed by atoms with Crippen LogP contribution in [0.4, 0.5) is 15.3 Å². The van der Waals surface area contributed by atoms with E-state index in [9.17, 15) is 70.8 Å². The van der Waals surface area contributed by atoms with Crippen LogP contribution in [0.1, 0.15) is 151 Å². The van der Waals surface area contributed by atoms with Crippen LogP contribution in [-0.2, 0) is 74.1 Å². The van der Waals surface area contributed by atoms with Crippen LogP contribution in [0.15, 0.2) is 65.6 Å². The summed E-state index contributed by atoms with van der Waals surface area (Å²) in [5.74, 6) is -7.39. The van der Waals surface area contributed by atoms with Crippen LogP contribution < -0.4 is 67.2 Å². The molecule has 2 aliphatic rings. The molecule has 2 aliphatic heterocycles. The molecule has 1 fully saturated rings. The number of nitrogens with two attached hydrogens (primary N) is 1. The van der Waals surface area contributed by atoms with E-state index in [-0.39, 0.29) is 97.3 Å². The van der Waals surface area contributed by atoms with Gasteiger partial charge >= 0.3 is 41.7 Å². The molecule has 99 heavy (non-hydrogen) atoms. The van der Waals surface area contributed by atoms with Gasteiger partial charge in [-0.25, -0.2) is 18.0 Å². The predicted molar refractivity (Wildman–Crippen MR) is 361 cm³/mol. The Bertz CT molecular complexity index is 3220. The predicted octanol–water partition coefficient (Wildman–Crippen LogP) is 0.985. The van der Waals surface area contributed by atoms with Gasteiger partial charge in [-0.15, -0.1) is 0 Å². The molecule has 9 N–H and O–H groups in total. The van der Waals surface area contributed by atoms with E-state index >= 15 is 0 Å². The third-order valence-corrected chi connectivity index (χ3v) is 19.0. The van der Waals surface area contributed by atoms with Crippen LogP contribution in [-0.4, -0.2) is 205 Å². The minimum absolute atomic E-state index is 0. The van der Waals surface area contributed by atoms with Gasteiger partial charge < -0.3 is 71.3 Å². The van der Waals surface area contributed by atoms with E-state index in [0.29, 0.717) is 50.6 Å².